The number of fused-ring (bicyclic) bond motifs is 2. The molecule has 0 N–H and O–H groups in total. The molecule has 0 unspecified atom stereocenters. The lowest BCUT2D eigenvalue weighted by Gasteiger charge is -2.05. The predicted molar refractivity (Wildman–Crippen MR) is 91.4 cm³/mol. The summed E-state index contributed by atoms with van der Waals surface area (Å²) >= 11 is 0. The van der Waals surface area contributed by atoms with E-state index in [9.17, 15) is 9.59 Å². The fraction of sp³-hybridized carbons (Fsp3) is 0. The molecule has 3 aromatic carbocycles. The van der Waals surface area contributed by atoms with Gasteiger partial charge in [-0.2, -0.15) is 0 Å². The van der Waals surface area contributed by atoms with Crippen LogP contribution in [0.25, 0.3) is 21.9 Å². The van der Waals surface area contributed by atoms with E-state index in [-0.39, 0.29) is 5.43 Å². The van der Waals surface area contributed by atoms with Crippen molar-refractivity contribution in [3.63, 3.8) is 0 Å². The van der Waals surface area contributed by atoms with Crippen molar-refractivity contribution >= 4 is 27.9 Å². The average molecular weight is 316 g/mol. The fourth-order valence-electron chi connectivity index (χ4n) is 2.58. The standard InChI is InChI=1S/C20H12O4/c21-19-15-8-4-5-9-17(15)24-18-11-10-13(12-16(18)19)20(22)23-14-6-2-1-3-7-14/h1-12H. The number of benzene rings is 3. The van der Waals surface area contributed by atoms with Gasteiger partial charge in [-0.25, -0.2) is 4.79 Å². The maximum absolute atomic E-state index is 12.6. The minimum absolute atomic E-state index is 0.166. The van der Waals surface area contributed by atoms with Gasteiger partial charge >= 0.3 is 5.97 Å². The van der Waals surface area contributed by atoms with Gasteiger partial charge < -0.3 is 9.15 Å². The van der Waals surface area contributed by atoms with E-state index in [1.165, 1.54) is 6.07 Å². The summed E-state index contributed by atoms with van der Waals surface area (Å²) in [5.41, 5.74) is 1.10. The molecule has 4 rings (SSSR count). The van der Waals surface area contributed by atoms with E-state index in [0.717, 1.165) is 0 Å². The largest absolute Gasteiger partial charge is 0.456 e. The molecule has 0 atom stereocenters. The first-order valence-corrected chi connectivity index (χ1v) is 7.45. The highest BCUT2D eigenvalue weighted by atomic mass is 16.5. The Balaban J connectivity index is 1.80. The number of para-hydroxylation sites is 2. The van der Waals surface area contributed by atoms with E-state index in [1.54, 1.807) is 54.6 Å². The Hall–Kier alpha value is -3.40. The lowest BCUT2D eigenvalue weighted by molar-refractivity contribution is 0.0735. The summed E-state index contributed by atoms with van der Waals surface area (Å²) in [5.74, 6) is -0.0659. The number of rotatable bonds is 2. The molecule has 0 amide bonds. The van der Waals surface area contributed by atoms with Gasteiger partial charge in [-0.05, 0) is 42.5 Å². The van der Waals surface area contributed by atoms with Gasteiger partial charge in [-0.15, -0.1) is 0 Å². The van der Waals surface area contributed by atoms with Crippen molar-refractivity contribution in [3.05, 3.63) is 88.6 Å². The van der Waals surface area contributed by atoms with Crippen LogP contribution in [0.15, 0.2) is 82.0 Å². The molecule has 0 saturated heterocycles. The summed E-state index contributed by atoms with van der Waals surface area (Å²) in [5, 5.41) is 0.842. The monoisotopic (exact) mass is 316 g/mol. The first-order valence-electron chi connectivity index (χ1n) is 7.45. The Morgan fingerprint density at radius 2 is 1.50 bits per heavy atom. The molecule has 4 aromatic rings. The lowest BCUT2D eigenvalue weighted by atomic mass is 10.1. The number of carbonyl (C=O) groups excluding carboxylic acids is 1. The third kappa shape index (κ3) is 2.44. The number of hydrogen-bond donors (Lipinski definition) is 0. The SMILES string of the molecule is O=C(Oc1ccccc1)c1ccc2oc3ccccc3c(=O)c2c1. The number of hydrogen-bond acceptors (Lipinski definition) is 4. The maximum Gasteiger partial charge on any atom is 0.343 e. The second kappa shape index (κ2) is 5.66. The van der Waals surface area contributed by atoms with Crippen LogP contribution in [0.1, 0.15) is 10.4 Å². The van der Waals surface area contributed by atoms with Crippen LogP contribution in [0.5, 0.6) is 5.75 Å². The molecule has 0 spiro atoms. The Labute approximate surface area is 136 Å². The molecule has 4 heteroatoms. The third-order valence-electron chi connectivity index (χ3n) is 3.77. The highest BCUT2D eigenvalue weighted by molar-refractivity contribution is 5.97. The molecular weight excluding hydrogens is 304 g/mol. The van der Waals surface area contributed by atoms with Gasteiger partial charge in [-0.1, -0.05) is 30.3 Å². The minimum Gasteiger partial charge on any atom is -0.456 e. The molecule has 4 nitrogen and oxygen atoms in total. The second-order valence-electron chi connectivity index (χ2n) is 5.34. The summed E-state index contributed by atoms with van der Waals surface area (Å²) in [7, 11) is 0. The molecule has 0 saturated carbocycles. The van der Waals surface area contributed by atoms with Crippen molar-refractivity contribution in [1.29, 1.82) is 0 Å². The van der Waals surface area contributed by atoms with E-state index in [2.05, 4.69) is 0 Å². The predicted octanol–water partition coefficient (Wildman–Crippen LogP) is 4.17. The Morgan fingerprint density at radius 1 is 0.792 bits per heavy atom. The molecule has 0 aliphatic rings. The first kappa shape index (κ1) is 14.2. The van der Waals surface area contributed by atoms with Crippen LogP contribution in [0.3, 0.4) is 0 Å². The van der Waals surface area contributed by atoms with Crippen molar-refractivity contribution in [2.45, 2.75) is 0 Å². The molecular formula is C20H12O4. The van der Waals surface area contributed by atoms with Gasteiger partial charge in [0.1, 0.15) is 16.9 Å². The van der Waals surface area contributed by atoms with Crippen molar-refractivity contribution in [1.82, 2.24) is 0 Å². The molecule has 116 valence electrons. The van der Waals surface area contributed by atoms with Crippen molar-refractivity contribution in [3.8, 4) is 5.75 Å². The average Bonchev–Trinajstić information content (AvgIpc) is 2.62. The summed E-state index contributed by atoms with van der Waals surface area (Å²) < 4.78 is 11.0. The summed E-state index contributed by atoms with van der Waals surface area (Å²) in [6.45, 7) is 0. The first-order chi connectivity index (χ1) is 11.7. The molecule has 1 heterocycles. The van der Waals surface area contributed by atoms with Gasteiger partial charge in [0.25, 0.3) is 0 Å². The summed E-state index contributed by atoms with van der Waals surface area (Å²) in [6.07, 6.45) is 0. The zero-order chi connectivity index (χ0) is 16.5. The van der Waals surface area contributed by atoms with Crippen LogP contribution in [-0.4, -0.2) is 5.97 Å². The van der Waals surface area contributed by atoms with E-state index < -0.39 is 5.97 Å². The molecule has 0 bridgehead atoms. The summed E-state index contributed by atoms with van der Waals surface area (Å²) in [6, 6.07) is 20.5. The highest BCUT2D eigenvalue weighted by Crippen LogP contribution is 2.20. The highest BCUT2D eigenvalue weighted by Gasteiger charge is 2.13. The van der Waals surface area contributed by atoms with Crippen LogP contribution < -0.4 is 10.2 Å². The number of carbonyl (C=O) groups is 1. The van der Waals surface area contributed by atoms with E-state index >= 15 is 0 Å². The van der Waals surface area contributed by atoms with Crippen molar-refractivity contribution in [2.75, 3.05) is 0 Å². The molecule has 0 fully saturated rings. The Morgan fingerprint density at radius 3 is 2.33 bits per heavy atom. The fourth-order valence-corrected chi connectivity index (χ4v) is 2.58. The van der Waals surface area contributed by atoms with Gasteiger partial charge in [0.15, 0.2) is 0 Å². The Bertz CT molecular complexity index is 1110. The maximum atomic E-state index is 12.6. The van der Waals surface area contributed by atoms with Gasteiger partial charge in [0.05, 0.1) is 16.3 Å². The lowest BCUT2D eigenvalue weighted by Crippen LogP contribution is -2.10. The molecule has 24 heavy (non-hydrogen) atoms. The van der Waals surface area contributed by atoms with E-state index in [1.807, 2.05) is 12.1 Å². The smallest absolute Gasteiger partial charge is 0.343 e. The number of esters is 1. The van der Waals surface area contributed by atoms with Gasteiger partial charge in [0, 0.05) is 0 Å². The van der Waals surface area contributed by atoms with Crippen molar-refractivity contribution in [2.24, 2.45) is 0 Å². The van der Waals surface area contributed by atoms with E-state index in [4.69, 9.17) is 9.15 Å². The van der Waals surface area contributed by atoms with Crippen LogP contribution in [0, 0.1) is 0 Å². The minimum atomic E-state index is -0.518. The van der Waals surface area contributed by atoms with Crippen LogP contribution in [-0.2, 0) is 0 Å². The van der Waals surface area contributed by atoms with Crippen LogP contribution >= 0.6 is 0 Å². The van der Waals surface area contributed by atoms with Gasteiger partial charge in [-0.3, -0.25) is 4.79 Å². The van der Waals surface area contributed by atoms with Crippen LogP contribution in [0.4, 0.5) is 0 Å². The van der Waals surface area contributed by atoms with Crippen molar-refractivity contribution < 1.29 is 13.9 Å². The molecule has 0 aliphatic heterocycles. The Kier molecular flexibility index (Phi) is 3.35. The zero-order valence-corrected chi connectivity index (χ0v) is 12.6. The normalized spacial score (nSPS) is 10.8. The zero-order valence-electron chi connectivity index (χ0n) is 12.6. The van der Waals surface area contributed by atoms with Gasteiger partial charge in [0.2, 0.25) is 5.43 Å². The molecule has 0 aliphatic carbocycles. The topological polar surface area (TPSA) is 56.5 Å². The number of ether oxygens (including phenoxy) is 1. The summed E-state index contributed by atoms with van der Waals surface area (Å²) in [4.78, 5) is 24.9. The molecule has 1 aromatic heterocycles. The third-order valence-corrected chi connectivity index (χ3v) is 3.77. The molecule has 0 radical (unpaired) electrons. The second-order valence-corrected chi connectivity index (χ2v) is 5.34. The quantitative estimate of drug-likeness (QED) is 0.316. The van der Waals surface area contributed by atoms with E-state index in [0.29, 0.717) is 33.3 Å². The van der Waals surface area contributed by atoms with Crippen LogP contribution in [0.2, 0.25) is 0 Å².